The summed E-state index contributed by atoms with van der Waals surface area (Å²) < 4.78 is 1.83. The molecule has 1 aliphatic rings. The number of aromatic nitrogens is 3. The fourth-order valence-electron chi connectivity index (χ4n) is 4.46. The summed E-state index contributed by atoms with van der Waals surface area (Å²) in [5.41, 5.74) is 5.00. The van der Waals surface area contributed by atoms with Crippen LogP contribution in [0.1, 0.15) is 48.7 Å². The number of benzene rings is 2. The number of anilines is 2. The van der Waals surface area contributed by atoms with E-state index in [-0.39, 0.29) is 18.0 Å². The minimum atomic E-state index is -0.290. The number of likely N-dealkylation sites (tertiary alicyclic amines) is 1. The largest absolute Gasteiger partial charge is 0.325 e. The fraction of sp³-hybridized carbons (Fsp3) is 0.286. The summed E-state index contributed by atoms with van der Waals surface area (Å²) in [5.74, 6) is -0.290. The van der Waals surface area contributed by atoms with Gasteiger partial charge in [-0.15, -0.1) is 0 Å². The lowest BCUT2D eigenvalue weighted by Gasteiger charge is -2.18. The topological polar surface area (TPSA) is 92.2 Å². The third-order valence-electron chi connectivity index (χ3n) is 6.46. The van der Waals surface area contributed by atoms with Crippen LogP contribution in [0.25, 0.3) is 22.3 Å². The molecule has 8 nitrogen and oxygen atoms in total. The predicted octanol–water partition coefficient (Wildman–Crippen LogP) is 5.87. The first-order valence-electron chi connectivity index (χ1n) is 12.3. The van der Waals surface area contributed by atoms with Crippen molar-refractivity contribution in [2.24, 2.45) is 0 Å². The zero-order valence-corrected chi connectivity index (χ0v) is 20.8. The van der Waals surface area contributed by atoms with Crippen LogP contribution in [0.2, 0.25) is 0 Å². The number of amides is 3. The van der Waals surface area contributed by atoms with Gasteiger partial charge in [0.15, 0.2) is 5.65 Å². The summed E-state index contributed by atoms with van der Waals surface area (Å²) in [7, 11) is 0. The van der Waals surface area contributed by atoms with E-state index in [4.69, 9.17) is 4.98 Å². The van der Waals surface area contributed by atoms with Gasteiger partial charge in [0.2, 0.25) is 0 Å². The summed E-state index contributed by atoms with van der Waals surface area (Å²) in [6.07, 6.45) is 3.71. The number of urea groups is 1. The van der Waals surface area contributed by atoms with Crippen molar-refractivity contribution in [3.8, 4) is 11.3 Å². The van der Waals surface area contributed by atoms with Gasteiger partial charge in [-0.1, -0.05) is 42.0 Å². The van der Waals surface area contributed by atoms with Gasteiger partial charge in [-0.2, -0.15) is 5.10 Å². The zero-order valence-electron chi connectivity index (χ0n) is 20.8. The number of nitrogens with zero attached hydrogens (tertiary/aromatic N) is 4. The second kappa shape index (κ2) is 9.81. The highest BCUT2D eigenvalue weighted by atomic mass is 16.2. The number of pyridine rings is 1. The Morgan fingerprint density at radius 2 is 1.61 bits per heavy atom. The van der Waals surface area contributed by atoms with Gasteiger partial charge in [0.05, 0.1) is 34.2 Å². The van der Waals surface area contributed by atoms with Crippen LogP contribution in [0.4, 0.5) is 16.2 Å². The lowest BCUT2D eigenvalue weighted by atomic mass is 10.0. The molecule has 0 aliphatic carbocycles. The van der Waals surface area contributed by atoms with Crippen LogP contribution in [0.3, 0.4) is 0 Å². The molecule has 3 amide bonds. The second-order valence-corrected chi connectivity index (χ2v) is 9.47. The maximum atomic E-state index is 13.6. The van der Waals surface area contributed by atoms with Gasteiger partial charge in [-0.25, -0.2) is 14.5 Å². The molecule has 1 saturated heterocycles. The molecule has 5 rings (SSSR count). The molecule has 0 spiro atoms. The van der Waals surface area contributed by atoms with Crippen molar-refractivity contribution in [3.05, 3.63) is 71.9 Å². The monoisotopic (exact) mass is 482 g/mol. The van der Waals surface area contributed by atoms with Gasteiger partial charge < -0.3 is 15.5 Å². The van der Waals surface area contributed by atoms with E-state index < -0.39 is 0 Å². The van der Waals surface area contributed by atoms with E-state index >= 15 is 0 Å². The molecule has 3 heterocycles. The minimum absolute atomic E-state index is 0.0840. The molecule has 0 radical (unpaired) electrons. The first-order chi connectivity index (χ1) is 17.4. The molecule has 36 heavy (non-hydrogen) atoms. The Hall–Kier alpha value is -4.20. The van der Waals surface area contributed by atoms with E-state index in [2.05, 4.69) is 15.7 Å². The van der Waals surface area contributed by atoms with Crippen molar-refractivity contribution in [1.29, 1.82) is 0 Å². The Balaban J connectivity index is 1.51. The molecule has 2 aromatic carbocycles. The maximum Gasteiger partial charge on any atom is 0.321 e. The molecule has 1 aliphatic heterocycles. The molecular weight excluding hydrogens is 452 g/mol. The van der Waals surface area contributed by atoms with Crippen LogP contribution in [0.5, 0.6) is 0 Å². The summed E-state index contributed by atoms with van der Waals surface area (Å²) in [4.78, 5) is 33.0. The predicted molar refractivity (Wildman–Crippen MR) is 142 cm³/mol. The van der Waals surface area contributed by atoms with Gasteiger partial charge in [0.1, 0.15) is 0 Å². The number of nitrogens with one attached hydrogen (secondary N) is 2. The van der Waals surface area contributed by atoms with Crippen molar-refractivity contribution in [3.63, 3.8) is 0 Å². The Morgan fingerprint density at radius 3 is 2.28 bits per heavy atom. The quantitative estimate of drug-likeness (QED) is 0.372. The number of hydrogen-bond donors (Lipinski definition) is 2. The van der Waals surface area contributed by atoms with Crippen LogP contribution in [-0.4, -0.2) is 44.7 Å². The van der Waals surface area contributed by atoms with E-state index in [1.54, 1.807) is 29.3 Å². The number of rotatable bonds is 5. The molecule has 0 unspecified atom stereocenters. The van der Waals surface area contributed by atoms with Gasteiger partial charge in [0, 0.05) is 24.7 Å². The molecule has 1 fully saturated rings. The highest BCUT2D eigenvalue weighted by Gasteiger charge is 2.21. The average molecular weight is 483 g/mol. The zero-order chi connectivity index (χ0) is 25.2. The molecule has 8 heteroatoms. The lowest BCUT2D eigenvalue weighted by Crippen LogP contribution is -2.32. The van der Waals surface area contributed by atoms with Crippen LogP contribution < -0.4 is 10.6 Å². The molecule has 0 bridgehead atoms. The van der Waals surface area contributed by atoms with Crippen LogP contribution >= 0.6 is 0 Å². The normalized spacial score (nSPS) is 13.4. The third kappa shape index (κ3) is 4.66. The molecule has 0 saturated carbocycles. The van der Waals surface area contributed by atoms with Crippen molar-refractivity contribution in [1.82, 2.24) is 19.7 Å². The Morgan fingerprint density at radius 1 is 0.944 bits per heavy atom. The first-order valence-corrected chi connectivity index (χ1v) is 12.3. The van der Waals surface area contributed by atoms with E-state index in [1.165, 1.54) is 0 Å². The number of fused-ring (bicyclic) bond motifs is 1. The maximum absolute atomic E-state index is 13.6. The summed E-state index contributed by atoms with van der Waals surface area (Å²) in [6.45, 7) is 7.60. The van der Waals surface area contributed by atoms with Gasteiger partial charge >= 0.3 is 6.03 Å². The fourth-order valence-corrected chi connectivity index (χ4v) is 4.46. The van der Waals surface area contributed by atoms with Crippen molar-refractivity contribution in [2.45, 2.75) is 39.7 Å². The number of carbonyl (C=O) groups excluding carboxylic acids is 2. The Kier molecular flexibility index (Phi) is 6.41. The molecular formula is C28H30N6O2. The van der Waals surface area contributed by atoms with Crippen molar-refractivity contribution >= 4 is 34.3 Å². The van der Waals surface area contributed by atoms with Crippen LogP contribution in [0, 0.1) is 6.92 Å². The number of aryl methyl sites for hydroxylation is 1. The van der Waals surface area contributed by atoms with Gasteiger partial charge in [-0.3, -0.25) is 4.79 Å². The lowest BCUT2D eigenvalue weighted by molar-refractivity contribution is 0.102. The number of carbonyl (C=O) groups is 2. The molecule has 2 N–H and O–H groups in total. The summed E-state index contributed by atoms with van der Waals surface area (Å²) >= 11 is 0. The van der Waals surface area contributed by atoms with Crippen LogP contribution in [0.15, 0.2) is 60.8 Å². The summed E-state index contributed by atoms with van der Waals surface area (Å²) in [6, 6.07) is 17.0. The molecule has 0 atom stereocenters. The average Bonchev–Trinajstić information content (AvgIpc) is 3.55. The number of para-hydroxylation sites is 2. The molecule has 184 valence electrons. The minimum Gasteiger partial charge on any atom is -0.325 e. The van der Waals surface area contributed by atoms with Gasteiger partial charge in [0.25, 0.3) is 5.91 Å². The van der Waals surface area contributed by atoms with E-state index in [9.17, 15) is 9.59 Å². The Labute approximate surface area is 210 Å². The van der Waals surface area contributed by atoms with E-state index in [0.29, 0.717) is 33.7 Å². The first kappa shape index (κ1) is 23.5. The van der Waals surface area contributed by atoms with Gasteiger partial charge in [-0.05, 0) is 51.8 Å². The number of hydrogen-bond acceptors (Lipinski definition) is 4. The van der Waals surface area contributed by atoms with Crippen molar-refractivity contribution < 1.29 is 9.59 Å². The van der Waals surface area contributed by atoms with Crippen molar-refractivity contribution in [2.75, 3.05) is 23.7 Å². The van der Waals surface area contributed by atoms with E-state index in [1.807, 2.05) is 61.9 Å². The standard InChI is InChI=1S/C28H30N6O2/c1-18(2)34-26-22(17-29-34)21(16-25(30-26)20-12-10-19(3)11-13-20)27(35)31-23-8-4-5-9-24(23)32-28(36)33-14-6-7-15-33/h4-5,8-13,16-18H,6-7,14-15H2,1-3H3,(H,31,35)(H,32,36). The highest BCUT2D eigenvalue weighted by molar-refractivity contribution is 6.14. The van der Waals surface area contributed by atoms with E-state index in [0.717, 1.165) is 37.1 Å². The van der Waals surface area contributed by atoms with Crippen LogP contribution in [-0.2, 0) is 0 Å². The Bertz CT molecular complexity index is 1420. The third-order valence-corrected chi connectivity index (χ3v) is 6.46. The smallest absolute Gasteiger partial charge is 0.321 e. The molecule has 4 aromatic rings. The summed E-state index contributed by atoms with van der Waals surface area (Å²) in [5, 5.41) is 11.1. The second-order valence-electron chi connectivity index (χ2n) is 9.47. The molecule has 2 aromatic heterocycles. The highest BCUT2D eigenvalue weighted by Crippen LogP contribution is 2.29. The SMILES string of the molecule is Cc1ccc(-c2cc(C(=O)Nc3ccccc3NC(=O)N3CCCC3)c3cnn(C(C)C)c3n2)cc1.